The summed E-state index contributed by atoms with van der Waals surface area (Å²) in [7, 11) is 0. The van der Waals surface area contributed by atoms with Crippen LogP contribution in [0.3, 0.4) is 0 Å². The van der Waals surface area contributed by atoms with Crippen LogP contribution in [0.2, 0.25) is 0 Å². The van der Waals surface area contributed by atoms with Crippen LogP contribution in [0, 0.1) is 0 Å². The van der Waals surface area contributed by atoms with Crippen molar-refractivity contribution >= 4 is 23.6 Å². The summed E-state index contributed by atoms with van der Waals surface area (Å²) in [5.74, 6) is -1.14. The number of amides is 2. The lowest BCUT2D eigenvalue weighted by Gasteiger charge is -2.21. The maximum atomic E-state index is 11.1. The highest BCUT2D eigenvalue weighted by atomic mass is 35.5. The van der Waals surface area contributed by atoms with Crippen molar-refractivity contribution in [3.8, 4) is 0 Å². The zero-order valence-electron chi connectivity index (χ0n) is 8.92. The molecule has 0 aliphatic heterocycles. The van der Waals surface area contributed by atoms with Crippen LogP contribution in [0.4, 0.5) is 4.79 Å². The molecule has 0 aromatic carbocycles. The highest BCUT2D eigenvalue weighted by Gasteiger charge is 2.24. The average Bonchev–Trinajstić information content (AvgIpc) is 2.09. The van der Waals surface area contributed by atoms with E-state index in [4.69, 9.17) is 16.7 Å². The van der Waals surface area contributed by atoms with Crippen LogP contribution in [-0.4, -0.2) is 40.9 Å². The quantitative estimate of drug-likeness (QED) is 0.544. The van der Waals surface area contributed by atoms with Crippen molar-refractivity contribution in [3.63, 3.8) is 0 Å². The molecule has 0 radical (unpaired) electrons. The Kier molecular flexibility index (Phi) is 5.84. The van der Waals surface area contributed by atoms with Gasteiger partial charge >= 0.3 is 12.0 Å². The third kappa shape index (κ3) is 8.07. The summed E-state index contributed by atoms with van der Waals surface area (Å²) >= 11 is 5.42. The molecule has 0 aliphatic rings. The van der Waals surface area contributed by atoms with E-state index in [1.165, 1.54) is 6.92 Å². The molecule has 0 aliphatic carbocycles. The molecular formula is C9H15ClN2O4. The number of hydrogen-bond acceptors (Lipinski definition) is 3. The zero-order chi connectivity index (χ0) is 12.8. The van der Waals surface area contributed by atoms with Crippen LogP contribution in [0.1, 0.15) is 13.3 Å². The number of carboxylic acids is 1. The molecule has 0 saturated heterocycles. The predicted molar refractivity (Wildman–Crippen MR) is 59.3 cm³/mol. The van der Waals surface area contributed by atoms with E-state index < -0.39 is 24.0 Å². The van der Waals surface area contributed by atoms with Gasteiger partial charge in [-0.1, -0.05) is 18.2 Å². The molecule has 0 bridgehead atoms. The van der Waals surface area contributed by atoms with Gasteiger partial charge in [0.1, 0.15) is 0 Å². The minimum Gasteiger partial charge on any atom is -0.481 e. The second-order valence-corrected chi connectivity index (χ2v) is 4.16. The lowest BCUT2D eigenvalue weighted by Crippen LogP contribution is -2.46. The van der Waals surface area contributed by atoms with Gasteiger partial charge in [-0.25, -0.2) is 4.79 Å². The fourth-order valence-electron chi connectivity index (χ4n) is 0.898. The van der Waals surface area contributed by atoms with Crippen molar-refractivity contribution in [3.05, 3.63) is 11.6 Å². The molecular weight excluding hydrogens is 236 g/mol. The van der Waals surface area contributed by atoms with E-state index in [9.17, 15) is 14.7 Å². The lowest BCUT2D eigenvalue weighted by molar-refractivity contribution is -0.141. The summed E-state index contributed by atoms with van der Waals surface area (Å²) in [6, 6.07) is -0.549. The van der Waals surface area contributed by atoms with E-state index in [1.54, 1.807) is 0 Å². The van der Waals surface area contributed by atoms with Gasteiger partial charge in [0.15, 0.2) is 0 Å². The van der Waals surface area contributed by atoms with Crippen LogP contribution in [0.25, 0.3) is 0 Å². The van der Waals surface area contributed by atoms with Crippen LogP contribution >= 0.6 is 11.6 Å². The Morgan fingerprint density at radius 3 is 2.44 bits per heavy atom. The third-order valence-electron chi connectivity index (χ3n) is 1.60. The van der Waals surface area contributed by atoms with Gasteiger partial charge in [-0.15, -0.1) is 0 Å². The molecule has 1 unspecified atom stereocenters. The molecule has 92 valence electrons. The third-order valence-corrected chi connectivity index (χ3v) is 1.74. The van der Waals surface area contributed by atoms with Crippen molar-refractivity contribution in [1.82, 2.24) is 10.6 Å². The SMILES string of the molecule is C=C(Cl)CNC(=O)NCC(C)(O)CC(=O)O. The minimum absolute atomic E-state index is 0.106. The van der Waals surface area contributed by atoms with E-state index in [2.05, 4.69) is 17.2 Å². The van der Waals surface area contributed by atoms with E-state index in [0.29, 0.717) is 0 Å². The molecule has 0 rings (SSSR count). The molecule has 0 aromatic heterocycles. The number of urea groups is 1. The van der Waals surface area contributed by atoms with Gasteiger partial charge < -0.3 is 20.8 Å². The minimum atomic E-state index is -1.48. The summed E-state index contributed by atoms with van der Waals surface area (Å²) in [4.78, 5) is 21.5. The van der Waals surface area contributed by atoms with E-state index in [0.717, 1.165) is 0 Å². The number of carbonyl (C=O) groups is 2. The van der Waals surface area contributed by atoms with Crippen molar-refractivity contribution in [2.45, 2.75) is 18.9 Å². The Morgan fingerprint density at radius 2 is 2.00 bits per heavy atom. The van der Waals surface area contributed by atoms with Gasteiger partial charge in [0.2, 0.25) is 0 Å². The van der Waals surface area contributed by atoms with Gasteiger partial charge in [-0.3, -0.25) is 4.79 Å². The summed E-state index contributed by atoms with van der Waals surface area (Å²) in [5.41, 5.74) is -1.48. The van der Waals surface area contributed by atoms with E-state index >= 15 is 0 Å². The molecule has 0 heterocycles. The number of halogens is 1. The van der Waals surface area contributed by atoms with Gasteiger partial charge in [0.25, 0.3) is 0 Å². The van der Waals surface area contributed by atoms with Crippen LogP contribution in [0.5, 0.6) is 0 Å². The van der Waals surface area contributed by atoms with Crippen molar-refractivity contribution in [1.29, 1.82) is 0 Å². The molecule has 16 heavy (non-hydrogen) atoms. The number of rotatable bonds is 6. The summed E-state index contributed by atoms with van der Waals surface area (Å²) in [5, 5.41) is 23.0. The predicted octanol–water partition coefficient (Wildman–Crippen LogP) is 0.264. The number of hydrogen-bond donors (Lipinski definition) is 4. The van der Waals surface area contributed by atoms with E-state index in [1.807, 2.05) is 0 Å². The second-order valence-electron chi connectivity index (χ2n) is 3.62. The first-order valence-electron chi connectivity index (χ1n) is 4.52. The fourth-order valence-corrected chi connectivity index (χ4v) is 0.964. The molecule has 1 atom stereocenters. The number of nitrogens with one attached hydrogen (secondary N) is 2. The number of aliphatic carboxylic acids is 1. The van der Waals surface area contributed by atoms with Gasteiger partial charge in [-0.2, -0.15) is 0 Å². The van der Waals surface area contributed by atoms with Gasteiger partial charge in [0.05, 0.1) is 18.6 Å². The topological polar surface area (TPSA) is 98.7 Å². The standard InChI is InChI=1S/C9H15ClN2O4/c1-6(10)4-11-8(15)12-5-9(2,16)3-7(13)14/h16H,1,3-5H2,2H3,(H,13,14)(H2,11,12,15). The van der Waals surface area contributed by atoms with Crippen LogP contribution < -0.4 is 10.6 Å². The molecule has 4 N–H and O–H groups in total. The van der Waals surface area contributed by atoms with Crippen molar-refractivity contribution < 1.29 is 19.8 Å². The first kappa shape index (κ1) is 14.7. The fraction of sp³-hybridized carbons (Fsp3) is 0.556. The molecule has 0 aromatic rings. The highest BCUT2D eigenvalue weighted by molar-refractivity contribution is 6.29. The smallest absolute Gasteiger partial charge is 0.315 e. The molecule has 0 spiro atoms. The maximum absolute atomic E-state index is 11.1. The number of aliphatic hydroxyl groups is 1. The zero-order valence-corrected chi connectivity index (χ0v) is 9.67. The summed E-state index contributed by atoms with van der Waals surface area (Å²) in [6.07, 6.45) is -0.449. The Morgan fingerprint density at radius 1 is 1.44 bits per heavy atom. The van der Waals surface area contributed by atoms with Crippen molar-refractivity contribution in [2.75, 3.05) is 13.1 Å². The first-order valence-corrected chi connectivity index (χ1v) is 4.90. The largest absolute Gasteiger partial charge is 0.481 e. The Bertz CT molecular complexity index is 291. The maximum Gasteiger partial charge on any atom is 0.315 e. The number of carbonyl (C=O) groups excluding carboxylic acids is 1. The first-order chi connectivity index (χ1) is 7.23. The van der Waals surface area contributed by atoms with Crippen LogP contribution in [0.15, 0.2) is 11.6 Å². The van der Waals surface area contributed by atoms with Crippen molar-refractivity contribution in [2.24, 2.45) is 0 Å². The average molecular weight is 251 g/mol. The molecule has 2 amide bonds. The monoisotopic (exact) mass is 250 g/mol. The normalized spacial score (nSPS) is 13.7. The highest BCUT2D eigenvalue weighted by Crippen LogP contribution is 2.07. The summed E-state index contributed by atoms with van der Waals surface area (Å²) in [6.45, 7) is 4.63. The Labute approximate surface area is 98.3 Å². The van der Waals surface area contributed by atoms with Gasteiger partial charge in [-0.05, 0) is 6.92 Å². The second kappa shape index (κ2) is 6.34. The molecule has 0 fully saturated rings. The number of carboxylic acid groups (broad SMARTS) is 1. The Hall–Kier alpha value is -1.27. The molecule has 6 nitrogen and oxygen atoms in total. The lowest BCUT2D eigenvalue weighted by atomic mass is 10.0. The van der Waals surface area contributed by atoms with E-state index in [-0.39, 0.29) is 18.1 Å². The van der Waals surface area contributed by atoms with Crippen LogP contribution in [-0.2, 0) is 4.79 Å². The molecule has 0 saturated carbocycles. The molecule has 7 heteroatoms. The Balaban J connectivity index is 3.90. The van der Waals surface area contributed by atoms with Gasteiger partial charge in [0, 0.05) is 11.6 Å². The summed E-state index contributed by atoms with van der Waals surface area (Å²) < 4.78 is 0.